The van der Waals surface area contributed by atoms with E-state index in [4.69, 9.17) is 5.11 Å². The summed E-state index contributed by atoms with van der Waals surface area (Å²) in [7, 11) is -0.327. The van der Waals surface area contributed by atoms with Crippen LogP contribution < -0.4 is 5.32 Å². The van der Waals surface area contributed by atoms with Gasteiger partial charge in [0.1, 0.15) is 4.88 Å². The van der Waals surface area contributed by atoms with Crippen LogP contribution in [0.1, 0.15) is 9.67 Å². The second-order valence-electron chi connectivity index (χ2n) is 3.36. The van der Waals surface area contributed by atoms with Crippen LogP contribution in [0.3, 0.4) is 0 Å². The van der Waals surface area contributed by atoms with E-state index in [2.05, 4.69) is 10.3 Å². The summed E-state index contributed by atoms with van der Waals surface area (Å²) in [5.41, 5.74) is 0. The summed E-state index contributed by atoms with van der Waals surface area (Å²) in [6.45, 7) is 0.188. The topological polar surface area (TPSA) is 99.6 Å². The van der Waals surface area contributed by atoms with Crippen LogP contribution in [0.15, 0.2) is 6.20 Å². The molecule has 0 spiro atoms. The van der Waals surface area contributed by atoms with Gasteiger partial charge in [0, 0.05) is 20.6 Å². The molecule has 0 saturated carbocycles. The predicted molar refractivity (Wildman–Crippen MR) is 65.0 cm³/mol. The van der Waals surface area contributed by atoms with E-state index in [1.807, 2.05) is 0 Å². The van der Waals surface area contributed by atoms with Gasteiger partial charge in [-0.1, -0.05) is 11.3 Å². The van der Waals surface area contributed by atoms with Gasteiger partial charge in [0.25, 0.3) is 0 Å². The van der Waals surface area contributed by atoms with E-state index in [1.165, 1.54) is 20.3 Å². The summed E-state index contributed by atoms with van der Waals surface area (Å²) in [5.74, 6) is -1.11. The molecule has 0 unspecified atom stereocenters. The lowest BCUT2D eigenvalue weighted by Crippen LogP contribution is -2.28. The highest BCUT2D eigenvalue weighted by Crippen LogP contribution is 2.17. The number of anilines is 1. The third kappa shape index (κ3) is 3.95. The number of hydrogen-bond donors (Lipinski definition) is 2. The van der Waals surface area contributed by atoms with Crippen LogP contribution in [-0.2, 0) is 10.0 Å². The largest absolute Gasteiger partial charge is 0.477 e. The maximum atomic E-state index is 11.4. The minimum Gasteiger partial charge on any atom is -0.477 e. The first-order valence-corrected chi connectivity index (χ1v) is 7.08. The molecule has 0 bridgehead atoms. The molecule has 17 heavy (non-hydrogen) atoms. The van der Waals surface area contributed by atoms with Crippen molar-refractivity contribution in [1.82, 2.24) is 9.29 Å². The van der Waals surface area contributed by atoms with Gasteiger partial charge in [0.15, 0.2) is 5.13 Å². The first-order chi connectivity index (χ1) is 7.83. The standard InChI is InChI=1S/C8H13N3O4S2/c1-11(2)17(14,15)4-3-9-8-10-5-6(16-8)7(12)13/h5H,3-4H2,1-2H3,(H,9,10)(H,12,13). The van der Waals surface area contributed by atoms with Crippen LogP contribution in [-0.4, -0.2) is 55.2 Å². The Bertz CT molecular complexity index is 495. The van der Waals surface area contributed by atoms with Crippen LogP contribution in [0.4, 0.5) is 5.13 Å². The highest BCUT2D eigenvalue weighted by molar-refractivity contribution is 7.89. The fourth-order valence-corrected chi connectivity index (χ4v) is 2.33. The Morgan fingerprint density at radius 1 is 1.59 bits per heavy atom. The van der Waals surface area contributed by atoms with Gasteiger partial charge in [0.05, 0.1) is 11.9 Å². The van der Waals surface area contributed by atoms with Crippen LogP contribution >= 0.6 is 11.3 Å². The molecule has 0 aliphatic heterocycles. The average molecular weight is 279 g/mol. The summed E-state index contributed by atoms with van der Waals surface area (Å²) >= 11 is 0.970. The summed E-state index contributed by atoms with van der Waals surface area (Å²) in [6.07, 6.45) is 1.23. The quantitative estimate of drug-likeness (QED) is 0.768. The Morgan fingerprint density at radius 3 is 2.71 bits per heavy atom. The van der Waals surface area contributed by atoms with Crippen molar-refractivity contribution in [2.45, 2.75) is 0 Å². The van der Waals surface area contributed by atoms with Crippen LogP contribution in [0.2, 0.25) is 0 Å². The van der Waals surface area contributed by atoms with Gasteiger partial charge in [-0.3, -0.25) is 0 Å². The molecule has 0 aliphatic rings. The number of nitrogens with one attached hydrogen (secondary N) is 1. The van der Waals surface area contributed by atoms with E-state index < -0.39 is 16.0 Å². The number of aromatic nitrogens is 1. The van der Waals surface area contributed by atoms with Crippen molar-refractivity contribution in [2.24, 2.45) is 0 Å². The molecule has 9 heteroatoms. The summed E-state index contributed by atoms with van der Waals surface area (Å²) in [6, 6.07) is 0. The Hall–Kier alpha value is -1.19. The van der Waals surface area contributed by atoms with E-state index >= 15 is 0 Å². The predicted octanol–water partition coefficient (Wildman–Crippen LogP) is 0.145. The van der Waals surface area contributed by atoms with Gasteiger partial charge in [0.2, 0.25) is 10.0 Å². The molecule has 0 radical (unpaired) electrons. The van der Waals surface area contributed by atoms with Crippen molar-refractivity contribution < 1.29 is 18.3 Å². The molecule has 96 valence electrons. The van der Waals surface area contributed by atoms with Crippen molar-refractivity contribution in [3.05, 3.63) is 11.1 Å². The molecule has 0 aromatic carbocycles. The zero-order valence-corrected chi connectivity index (χ0v) is 11.0. The van der Waals surface area contributed by atoms with Gasteiger partial charge >= 0.3 is 5.97 Å². The third-order valence-electron chi connectivity index (χ3n) is 1.91. The molecule has 0 atom stereocenters. The number of carbonyl (C=O) groups is 1. The van der Waals surface area contributed by atoms with E-state index in [0.717, 1.165) is 15.6 Å². The number of thiazole rings is 1. The summed E-state index contributed by atoms with van der Waals surface area (Å²) in [5, 5.41) is 11.8. The number of nitrogens with zero attached hydrogens (tertiary/aromatic N) is 2. The number of aromatic carboxylic acids is 1. The number of carboxylic acid groups (broad SMARTS) is 1. The Kier molecular flexibility index (Phi) is 4.43. The van der Waals surface area contributed by atoms with Gasteiger partial charge < -0.3 is 10.4 Å². The molecular weight excluding hydrogens is 266 g/mol. The Balaban J connectivity index is 2.49. The number of rotatable bonds is 6. The lowest BCUT2D eigenvalue weighted by atomic mass is 10.6. The number of sulfonamides is 1. The molecular formula is C8H13N3O4S2. The fraction of sp³-hybridized carbons (Fsp3) is 0.500. The van der Waals surface area contributed by atoms with Crippen LogP contribution in [0.5, 0.6) is 0 Å². The van der Waals surface area contributed by atoms with Gasteiger partial charge in [-0.05, 0) is 0 Å². The SMILES string of the molecule is CN(C)S(=O)(=O)CCNc1ncc(C(=O)O)s1. The molecule has 2 N–H and O–H groups in total. The molecule has 0 aliphatic carbocycles. The Morgan fingerprint density at radius 2 is 2.24 bits per heavy atom. The average Bonchev–Trinajstić information content (AvgIpc) is 2.66. The molecule has 1 aromatic heterocycles. The van der Waals surface area contributed by atoms with E-state index in [-0.39, 0.29) is 17.2 Å². The molecule has 1 rings (SSSR count). The van der Waals surface area contributed by atoms with Crippen LogP contribution in [0.25, 0.3) is 0 Å². The lowest BCUT2D eigenvalue weighted by Gasteiger charge is -2.10. The van der Waals surface area contributed by atoms with Crippen molar-refractivity contribution in [3.8, 4) is 0 Å². The first-order valence-electron chi connectivity index (χ1n) is 4.66. The van der Waals surface area contributed by atoms with Crippen molar-refractivity contribution >= 4 is 32.5 Å². The molecule has 0 fully saturated rings. The minimum atomic E-state index is -3.25. The first kappa shape index (κ1) is 13.9. The van der Waals surface area contributed by atoms with E-state index in [1.54, 1.807) is 0 Å². The van der Waals surface area contributed by atoms with Gasteiger partial charge in [-0.25, -0.2) is 22.5 Å². The summed E-state index contributed by atoms with van der Waals surface area (Å²) in [4.78, 5) is 14.5. The van der Waals surface area contributed by atoms with Crippen LogP contribution in [0, 0.1) is 0 Å². The fourth-order valence-electron chi connectivity index (χ4n) is 0.924. The maximum absolute atomic E-state index is 11.4. The Labute approximate surface area is 103 Å². The normalized spacial score (nSPS) is 11.7. The van der Waals surface area contributed by atoms with Gasteiger partial charge in [-0.15, -0.1) is 0 Å². The second-order valence-corrected chi connectivity index (χ2v) is 6.69. The monoisotopic (exact) mass is 279 g/mol. The highest BCUT2D eigenvalue weighted by Gasteiger charge is 2.13. The molecule has 7 nitrogen and oxygen atoms in total. The van der Waals surface area contributed by atoms with E-state index in [9.17, 15) is 13.2 Å². The number of hydrogen-bond acceptors (Lipinski definition) is 6. The molecule has 1 heterocycles. The highest BCUT2D eigenvalue weighted by atomic mass is 32.2. The molecule has 0 saturated heterocycles. The zero-order valence-electron chi connectivity index (χ0n) is 9.37. The molecule has 1 aromatic rings. The second kappa shape index (κ2) is 5.43. The van der Waals surface area contributed by atoms with Gasteiger partial charge in [-0.2, -0.15) is 0 Å². The smallest absolute Gasteiger partial charge is 0.347 e. The molecule has 0 amide bonds. The summed E-state index contributed by atoms with van der Waals surface area (Å²) < 4.78 is 24.0. The van der Waals surface area contributed by atoms with Crippen molar-refractivity contribution in [2.75, 3.05) is 31.7 Å². The van der Waals surface area contributed by atoms with Crippen molar-refractivity contribution in [3.63, 3.8) is 0 Å². The number of carboxylic acids is 1. The third-order valence-corrected chi connectivity index (χ3v) is 4.68. The maximum Gasteiger partial charge on any atom is 0.347 e. The van der Waals surface area contributed by atoms with E-state index in [0.29, 0.717) is 5.13 Å². The lowest BCUT2D eigenvalue weighted by molar-refractivity contribution is 0.0702. The zero-order chi connectivity index (χ0) is 13.1. The minimum absolute atomic E-state index is 0.0675. The van der Waals surface area contributed by atoms with Crippen molar-refractivity contribution in [1.29, 1.82) is 0 Å².